The van der Waals surface area contributed by atoms with Crippen LogP contribution in [0.15, 0.2) is 64.4 Å². The average molecular weight is 333 g/mol. The van der Waals surface area contributed by atoms with Gasteiger partial charge in [0.15, 0.2) is 12.4 Å². The number of nitrogens with zero attached hydrogens (tertiary/aromatic N) is 2. The maximum Gasteiger partial charge on any atom is 0.305 e. The Balaban J connectivity index is 1.95. The molecule has 0 aliphatic rings. The maximum absolute atomic E-state index is 11.8. The van der Waals surface area contributed by atoms with Crippen LogP contribution in [0.4, 0.5) is 0 Å². The molecular formula is C15H15BrN3O+. The fourth-order valence-electron chi connectivity index (χ4n) is 1.64. The zero-order valence-electron chi connectivity index (χ0n) is 11.1. The molecule has 0 spiro atoms. The van der Waals surface area contributed by atoms with Crippen LogP contribution in [0, 0.1) is 0 Å². The fourth-order valence-corrected chi connectivity index (χ4v) is 1.91. The van der Waals surface area contributed by atoms with E-state index in [9.17, 15) is 4.79 Å². The molecule has 5 heteroatoms. The summed E-state index contributed by atoms with van der Waals surface area (Å²) < 4.78 is 2.80. The Labute approximate surface area is 126 Å². The number of amides is 1. The Morgan fingerprint density at radius 3 is 2.50 bits per heavy atom. The Morgan fingerprint density at radius 2 is 1.85 bits per heavy atom. The molecule has 1 aromatic carbocycles. The number of halogens is 1. The molecule has 4 nitrogen and oxygen atoms in total. The highest BCUT2D eigenvalue weighted by Crippen LogP contribution is 2.10. The second kappa shape index (κ2) is 6.96. The number of rotatable bonds is 4. The van der Waals surface area contributed by atoms with E-state index in [2.05, 4.69) is 26.5 Å². The highest BCUT2D eigenvalue weighted by molar-refractivity contribution is 9.10. The summed E-state index contributed by atoms with van der Waals surface area (Å²) in [4.78, 5) is 11.8. The number of nitrogens with one attached hydrogen (secondary N) is 1. The Morgan fingerprint density at radius 1 is 1.20 bits per heavy atom. The van der Waals surface area contributed by atoms with Crippen molar-refractivity contribution < 1.29 is 9.36 Å². The molecule has 0 fully saturated rings. The van der Waals surface area contributed by atoms with Gasteiger partial charge in [0.25, 0.3) is 0 Å². The van der Waals surface area contributed by atoms with Gasteiger partial charge in [-0.05, 0) is 24.6 Å². The van der Waals surface area contributed by atoms with E-state index in [1.807, 2.05) is 61.8 Å². The molecule has 1 aromatic heterocycles. The standard InChI is InChI=1S/C15H14BrN3O/c1-12(13-5-7-14(16)8-6-13)17-18-15(20)11-19-9-3-2-4-10-19/h2-10H,11H2,1H3/p+1/b17-12-. The van der Waals surface area contributed by atoms with Crippen molar-refractivity contribution in [1.29, 1.82) is 0 Å². The summed E-state index contributed by atoms with van der Waals surface area (Å²) in [5, 5.41) is 4.11. The lowest BCUT2D eigenvalue weighted by Gasteiger charge is -2.02. The molecule has 0 aliphatic carbocycles. The summed E-state index contributed by atoms with van der Waals surface area (Å²) in [5.74, 6) is -0.155. The van der Waals surface area contributed by atoms with Crippen LogP contribution in [0.25, 0.3) is 0 Å². The maximum atomic E-state index is 11.8. The van der Waals surface area contributed by atoms with Gasteiger partial charge in [-0.2, -0.15) is 9.67 Å². The third kappa shape index (κ3) is 4.28. The van der Waals surface area contributed by atoms with Crippen LogP contribution in [0.5, 0.6) is 0 Å². The van der Waals surface area contributed by atoms with Crippen molar-refractivity contribution in [2.24, 2.45) is 5.10 Å². The van der Waals surface area contributed by atoms with Gasteiger partial charge < -0.3 is 0 Å². The van der Waals surface area contributed by atoms with E-state index in [1.165, 1.54) is 0 Å². The predicted molar refractivity (Wildman–Crippen MR) is 81.1 cm³/mol. The minimum Gasteiger partial charge on any atom is -0.266 e. The molecule has 0 saturated heterocycles. The first-order chi connectivity index (χ1) is 9.65. The van der Waals surface area contributed by atoms with Crippen molar-refractivity contribution in [2.45, 2.75) is 13.5 Å². The topological polar surface area (TPSA) is 45.3 Å². The van der Waals surface area contributed by atoms with E-state index in [1.54, 1.807) is 4.57 Å². The second-order valence-corrected chi connectivity index (χ2v) is 5.20. The summed E-state index contributed by atoms with van der Waals surface area (Å²) >= 11 is 3.38. The first kappa shape index (κ1) is 14.4. The number of pyridine rings is 1. The quantitative estimate of drug-likeness (QED) is 0.521. The van der Waals surface area contributed by atoms with Crippen molar-refractivity contribution >= 4 is 27.5 Å². The summed E-state index contributed by atoms with van der Waals surface area (Å²) in [6.07, 6.45) is 3.68. The van der Waals surface area contributed by atoms with Crippen molar-refractivity contribution in [3.8, 4) is 0 Å². The van der Waals surface area contributed by atoms with Crippen LogP contribution in [-0.4, -0.2) is 11.6 Å². The molecule has 0 saturated carbocycles. The number of hydrogen-bond acceptors (Lipinski definition) is 2. The van der Waals surface area contributed by atoms with E-state index >= 15 is 0 Å². The molecule has 1 amide bonds. The van der Waals surface area contributed by atoms with E-state index in [0.717, 1.165) is 15.7 Å². The Bertz CT molecular complexity index is 609. The molecule has 0 bridgehead atoms. The molecular weight excluding hydrogens is 318 g/mol. The average Bonchev–Trinajstić information content (AvgIpc) is 2.46. The van der Waals surface area contributed by atoms with Crippen molar-refractivity contribution in [3.63, 3.8) is 0 Å². The second-order valence-electron chi connectivity index (χ2n) is 4.29. The first-order valence-electron chi connectivity index (χ1n) is 6.18. The third-order valence-corrected chi connectivity index (χ3v) is 3.24. The number of aromatic nitrogens is 1. The lowest BCUT2D eigenvalue weighted by molar-refractivity contribution is -0.684. The number of hydrazone groups is 1. The molecule has 0 aliphatic heterocycles. The molecule has 0 radical (unpaired) electrons. The number of benzene rings is 1. The largest absolute Gasteiger partial charge is 0.305 e. The van der Waals surface area contributed by atoms with Gasteiger partial charge in [-0.1, -0.05) is 34.1 Å². The number of hydrogen-bond donors (Lipinski definition) is 1. The van der Waals surface area contributed by atoms with E-state index in [-0.39, 0.29) is 12.5 Å². The molecule has 1 heterocycles. The molecule has 0 atom stereocenters. The predicted octanol–water partition coefficient (Wildman–Crippen LogP) is 2.28. The van der Waals surface area contributed by atoms with Crippen LogP contribution in [0.2, 0.25) is 0 Å². The van der Waals surface area contributed by atoms with Gasteiger partial charge in [-0.25, -0.2) is 5.43 Å². The van der Waals surface area contributed by atoms with E-state index in [4.69, 9.17) is 0 Å². The lowest BCUT2D eigenvalue weighted by Crippen LogP contribution is -2.41. The Hall–Kier alpha value is -2.01. The van der Waals surface area contributed by atoms with Gasteiger partial charge in [0.2, 0.25) is 6.54 Å². The summed E-state index contributed by atoms with van der Waals surface area (Å²) in [6.45, 7) is 2.11. The van der Waals surface area contributed by atoms with Gasteiger partial charge in [0, 0.05) is 16.6 Å². The van der Waals surface area contributed by atoms with Gasteiger partial charge in [-0.3, -0.25) is 4.79 Å². The third-order valence-electron chi connectivity index (χ3n) is 2.71. The van der Waals surface area contributed by atoms with E-state index < -0.39 is 0 Å². The Kier molecular flexibility index (Phi) is 5.01. The van der Waals surface area contributed by atoms with Gasteiger partial charge >= 0.3 is 5.91 Å². The van der Waals surface area contributed by atoms with Crippen LogP contribution in [-0.2, 0) is 11.3 Å². The van der Waals surface area contributed by atoms with Gasteiger partial charge in [0.05, 0.1) is 5.71 Å². The molecule has 2 aromatic rings. The molecule has 2 rings (SSSR count). The number of carbonyl (C=O) groups is 1. The lowest BCUT2D eigenvalue weighted by atomic mass is 10.1. The van der Waals surface area contributed by atoms with E-state index in [0.29, 0.717) is 0 Å². The van der Waals surface area contributed by atoms with Gasteiger partial charge in [0.1, 0.15) is 0 Å². The number of carbonyl (C=O) groups excluding carboxylic acids is 1. The summed E-state index contributed by atoms with van der Waals surface area (Å²) in [5.41, 5.74) is 4.30. The van der Waals surface area contributed by atoms with Crippen molar-refractivity contribution in [1.82, 2.24) is 5.43 Å². The zero-order chi connectivity index (χ0) is 14.4. The monoisotopic (exact) mass is 332 g/mol. The van der Waals surface area contributed by atoms with Crippen LogP contribution in [0.1, 0.15) is 12.5 Å². The minimum absolute atomic E-state index is 0.155. The molecule has 1 N–H and O–H groups in total. The minimum atomic E-state index is -0.155. The fraction of sp³-hybridized carbons (Fsp3) is 0.133. The smallest absolute Gasteiger partial charge is 0.266 e. The molecule has 102 valence electrons. The SMILES string of the molecule is C/C(=N/NC(=O)C[n+]1ccccc1)c1ccc(Br)cc1. The van der Waals surface area contributed by atoms with Crippen LogP contribution >= 0.6 is 15.9 Å². The summed E-state index contributed by atoms with van der Waals surface area (Å²) in [6, 6.07) is 13.4. The zero-order valence-corrected chi connectivity index (χ0v) is 12.7. The highest BCUT2D eigenvalue weighted by Gasteiger charge is 2.07. The first-order valence-corrected chi connectivity index (χ1v) is 6.97. The molecule has 0 unspecified atom stereocenters. The normalized spacial score (nSPS) is 11.2. The summed E-state index contributed by atoms with van der Waals surface area (Å²) in [7, 11) is 0. The van der Waals surface area contributed by atoms with Gasteiger partial charge in [-0.15, -0.1) is 0 Å². The van der Waals surface area contributed by atoms with Crippen molar-refractivity contribution in [2.75, 3.05) is 0 Å². The van der Waals surface area contributed by atoms with Crippen LogP contribution < -0.4 is 9.99 Å². The van der Waals surface area contributed by atoms with Crippen molar-refractivity contribution in [3.05, 3.63) is 64.9 Å². The highest BCUT2D eigenvalue weighted by atomic mass is 79.9. The molecule has 20 heavy (non-hydrogen) atoms. The van der Waals surface area contributed by atoms with Crippen LogP contribution in [0.3, 0.4) is 0 Å².